The summed E-state index contributed by atoms with van der Waals surface area (Å²) in [6.45, 7) is 1.28. The standard InChI is InChI=1S/C5H9NO3/c7-5(8)4-6-2-1-3-9-4/h4,6H,1-3H2,(H,7,8). The highest BCUT2D eigenvalue weighted by Crippen LogP contribution is 1.95. The van der Waals surface area contributed by atoms with Crippen LogP contribution < -0.4 is 5.32 Å². The Balaban J connectivity index is 2.31. The van der Waals surface area contributed by atoms with Gasteiger partial charge in [-0.2, -0.15) is 0 Å². The molecule has 0 bridgehead atoms. The molecule has 1 unspecified atom stereocenters. The fourth-order valence-electron chi connectivity index (χ4n) is 0.724. The van der Waals surface area contributed by atoms with Crippen LogP contribution in [0, 0.1) is 0 Å². The molecule has 0 spiro atoms. The molecule has 4 heteroatoms. The van der Waals surface area contributed by atoms with Gasteiger partial charge in [0.25, 0.3) is 0 Å². The van der Waals surface area contributed by atoms with Gasteiger partial charge in [0.05, 0.1) is 6.61 Å². The predicted molar refractivity (Wildman–Crippen MR) is 30.0 cm³/mol. The zero-order valence-corrected chi connectivity index (χ0v) is 4.96. The first-order valence-corrected chi connectivity index (χ1v) is 2.88. The quantitative estimate of drug-likeness (QED) is 0.499. The highest BCUT2D eigenvalue weighted by Gasteiger charge is 2.19. The molecule has 0 saturated carbocycles. The van der Waals surface area contributed by atoms with Gasteiger partial charge in [-0.3, -0.25) is 5.32 Å². The van der Waals surface area contributed by atoms with Crippen LogP contribution in [-0.4, -0.2) is 30.5 Å². The summed E-state index contributed by atoms with van der Waals surface area (Å²) >= 11 is 0. The Kier molecular flexibility index (Phi) is 2.02. The van der Waals surface area contributed by atoms with Gasteiger partial charge in [0.2, 0.25) is 6.23 Å². The number of carboxylic acid groups (broad SMARTS) is 1. The average molecular weight is 131 g/mol. The Morgan fingerprint density at radius 1 is 1.78 bits per heavy atom. The third-order valence-electron chi connectivity index (χ3n) is 1.16. The van der Waals surface area contributed by atoms with E-state index in [9.17, 15) is 4.79 Å². The van der Waals surface area contributed by atoms with Gasteiger partial charge in [0.15, 0.2) is 0 Å². The van der Waals surface area contributed by atoms with Crippen molar-refractivity contribution in [1.82, 2.24) is 5.32 Å². The van der Waals surface area contributed by atoms with E-state index in [0.29, 0.717) is 6.61 Å². The Bertz CT molecular complexity index is 109. The molecule has 1 aliphatic rings. The first-order valence-electron chi connectivity index (χ1n) is 2.88. The molecule has 0 aromatic heterocycles. The smallest absolute Gasteiger partial charge is 0.348 e. The molecule has 1 heterocycles. The van der Waals surface area contributed by atoms with Crippen molar-refractivity contribution in [1.29, 1.82) is 0 Å². The summed E-state index contributed by atoms with van der Waals surface area (Å²) < 4.78 is 4.83. The van der Waals surface area contributed by atoms with Crippen LogP contribution in [0.2, 0.25) is 0 Å². The van der Waals surface area contributed by atoms with Gasteiger partial charge in [-0.1, -0.05) is 0 Å². The van der Waals surface area contributed by atoms with Crippen LogP contribution in [0.1, 0.15) is 6.42 Å². The Labute approximate surface area is 52.8 Å². The monoisotopic (exact) mass is 131 g/mol. The minimum absolute atomic E-state index is 0.546. The summed E-state index contributed by atoms with van der Waals surface area (Å²) in [4.78, 5) is 10.2. The molecule has 1 aliphatic heterocycles. The van der Waals surface area contributed by atoms with E-state index in [1.165, 1.54) is 0 Å². The zero-order chi connectivity index (χ0) is 6.69. The second-order valence-corrected chi connectivity index (χ2v) is 1.90. The number of rotatable bonds is 1. The van der Waals surface area contributed by atoms with E-state index in [1.807, 2.05) is 0 Å². The lowest BCUT2D eigenvalue weighted by Gasteiger charge is -2.19. The van der Waals surface area contributed by atoms with Gasteiger partial charge < -0.3 is 9.84 Å². The molecule has 0 aromatic rings. The summed E-state index contributed by atoms with van der Waals surface area (Å²) in [6.07, 6.45) is 0.114. The number of nitrogens with one attached hydrogen (secondary N) is 1. The molecular formula is C5H9NO3. The molecule has 0 amide bonds. The van der Waals surface area contributed by atoms with E-state index in [0.717, 1.165) is 13.0 Å². The normalized spacial score (nSPS) is 27.8. The first kappa shape index (κ1) is 6.51. The van der Waals surface area contributed by atoms with Crippen LogP contribution in [0.3, 0.4) is 0 Å². The highest BCUT2D eigenvalue weighted by atomic mass is 16.5. The molecule has 0 radical (unpaired) electrons. The van der Waals surface area contributed by atoms with E-state index in [1.54, 1.807) is 0 Å². The largest absolute Gasteiger partial charge is 0.478 e. The van der Waals surface area contributed by atoms with Crippen LogP contribution in [0.15, 0.2) is 0 Å². The molecule has 4 nitrogen and oxygen atoms in total. The zero-order valence-electron chi connectivity index (χ0n) is 4.96. The Hall–Kier alpha value is -0.610. The first-order chi connectivity index (χ1) is 4.30. The van der Waals surface area contributed by atoms with Crippen molar-refractivity contribution < 1.29 is 14.6 Å². The van der Waals surface area contributed by atoms with Crippen molar-refractivity contribution in [3.8, 4) is 0 Å². The van der Waals surface area contributed by atoms with Crippen molar-refractivity contribution in [3.05, 3.63) is 0 Å². The maximum absolute atomic E-state index is 10.2. The topological polar surface area (TPSA) is 58.6 Å². The molecule has 52 valence electrons. The van der Waals surface area contributed by atoms with E-state index >= 15 is 0 Å². The van der Waals surface area contributed by atoms with Crippen molar-refractivity contribution in [2.24, 2.45) is 0 Å². The van der Waals surface area contributed by atoms with Crippen molar-refractivity contribution in [2.45, 2.75) is 12.6 Å². The fraction of sp³-hybridized carbons (Fsp3) is 0.800. The van der Waals surface area contributed by atoms with E-state index in [-0.39, 0.29) is 0 Å². The SMILES string of the molecule is O=C(O)C1NCCCO1. The van der Waals surface area contributed by atoms with Crippen molar-refractivity contribution >= 4 is 5.97 Å². The number of ether oxygens (including phenoxy) is 1. The number of hydrogen-bond donors (Lipinski definition) is 2. The molecule has 9 heavy (non-hydrogen) atoms. The van der Waals surface area contributed by atoms with Gasteiger partial charge in [-0.05, 0) is 6.42 Å². The van der Waals surface area contributed by atoms with Gasteiger partial charge in [0, 0.05) is 6.54 Å². The summed E-state index contributed by atoms with van der Waals surface area (Å²) in [5.41, 5.74) is 0. The number of aliphatic carboxylic acids is 1. The third-order valence-corrected chi connectivity index (χ3v) is 1.16. The third kappa shape index (κ3) is 1.65. The second-order valence-electron chi connectivity index (χ2n) is 1.90. The summed E-state index contributed by atoms with van der Waals surface area (Å²) in [7, 11) is 0. The van der Waals surface area contributed by atoms with Gasteiger partial charge in [-0.25, -0.2) is 4.79 Å². The summed E-state index contributed by atoms with van der Waals surface area (Å²) in [6, 6.07) is 0. The lowest BCUT2D eigenvalue weighted by molar-refractivity contribution is -0.155. The number of carboxylic acids is 1. The molecule has 1 rings (SSSR count). The van der Waals surface area contributed by atoms with Gasteiger partial charge in [0.1, 0.15) is 0 Å². The van der Waals surface area contributed by atoms with Crippen LogP contribution in [0.4, 0.5) is 0 Å². The Morgan fingerprint density at radius 2 is 2.56 bits per heavy atom. The van der Waals surface area contributed by atoms with Crippen molar-refractivity contribution in [3.63, 3.8) is 0 Å². The number of hydrogen-bond acceptors (Lipinski definition) is 3. The molecule has 0 aromatic carbocycles. The molecule has 1 atom stereocenters. The van der Waals surface area contributed by atoms with E-state index < -0.39 is 12.2 Å². The molecule has 1 saturated heterocycles. The predicted octanol–water partition coefficient (Wildman–Crippen LogP) is -0.593. The Morgan fingerprint density at radius 3 is 2.89 bits per heavy atom. The molecule has 2 N–H and O–H groups in total. The maximum atomic E-state index is 10.2. The van der Waals surface area contributed by atoms with Crippen LogP contribution in [0.5, 0.6) is 0 Å². The van der Waals surface area contributed by atoms with Crippen LogP contribution in [0.25, 0.3) is 0 Å². The minimum Gasteiger partial charge on any atom is -0.478 e. The number of carbonyl (C=O) groups is 1. The van der Waals surface area contributed by atoms with Crippen LogP contribution >= 0.6 is 0 Å². The summed E-state index contributed by atoms with van der Waals surface area (Å²) in [5, 5.41) is 11.0. The van der Waals surface area contributed by atoms with E-state index in [2.05, 4.69) is 5.32 Å². The molecule has 1 fully saturated rings. The second kappa shape index (κ2) is 2.80. The van der Waals surface area contributed by atoms with Gasteiger partial charge >= 0.3 is 5.97 Å². The van der Waals surface area contributed by atoms with Gasteiger partial charge in [-0.15, -0.1) is 0 Å². The van der Waals surface area contributed by atoms with Crippen LogP contribution in [-0.2, 0) is 9.53 Å². The fourth-order valence-corrected chi connectivity index (χ4v) is 0.724. The van der Waals surface area contributed by atoms with E-state index in [4.69, 9.17) is 9.84 Å². The highest BCUT2D eigenvalue weighted by molar-refractivity contribution is 5.71. The average Bonchev–Trinajstić information content (AvgIpc) is 1.90. The maximum Gasteiger partial charge on any atom is 0.348 e. The van der Waals surface area contributed by atoms with Crippen molar-refractivity contribution in [2.75, 3.05) is 13.2 Å². The minimum atomic E-state index is -0.935. The lowest BCUT2D eigenvalue weighted by Crippen LogP contribution is -2.43. The molecular weight excluding hydrogens is 122 g/mol. The summed E-state index contributed by atoms with van der Waals surface area (Å²) in [5.74, 6) is -0.935. The lowest BCUT2D eigenvalue weighted by atomic mass is 10.4. The molecule has 0 aliphatic carbocycles.